The molecule has 1 aromatic heterocycles. The van der Waals surface area contributed by atoms with E-state index in [9.17, 15) is 0 Å². The molecule has 2 aromatic rings. The Morgan fingerprint density at radius 1 is 1.23 bits per heavy atom. The lowest BCUT2D eigenvalue weighted by atomic mass is 10.1. The smallest absolute Gasteiger partial charge is 0.224 e. The Kier molecular flexibility index (Phi) is 6.35. The fraction of sp³-hybridized carbons (Fsp3) is 0.455. The van der Waals surface area contributed by atoms with Crippen molar-refractivity contribution in [2.75, 3.05) is 16.8 Å². The second-order valence-electron chi connectivity index (χ2n) is 7.82. The van der Waals surface area contributed by atoms with Gasteiger partial charge in [0.2, 0.25) is 5.95 Å². The summed E-state index contributed by atoms with van der Waals surface area (Å²) in [4.78, 5) is 16.7. The van der Waals surface area contributed by atoms with Crippen LogP contribution >= 0.6 is 0 Å². The topological polar surface area (TPSA) is 93.0 Å². The molecule has 0 bridgehead atoms. The van der Waals surface area contributed by atoms with E-state index in [2.05, 4.69) is 55.5 Å². The van der Waals surface area contributed by atoms with Crippen molar-refractivity contribution in [3.8, 4) is 0 Å². The summed E-state index contributed by atoms with van der Waals surface area (Å²) in [6.07, 6.45) is 13.1. The first-order chi connectivity index (χ1) is 14.8. The molecule has 4 rings (SSSR count). The maximum absolute atomic E-state index is 8.82. The predicted molar refractivity (Wildman–Crippen MR) is 119 cm³/mol. The molecule has 1 N–H and O–H groups in total. The molecule has 0 saturated heterocycles. The molecule has 1 fully saturated rings. The molecule has 2 heterocycles. The van der Waals surface area contributed by atoms with E-state index in [0.29, 0.717) is 17.7 Å². The number of nitrogens with one attached hydrogen (secondary N) is 1. The molecule has 1 unspecified atom stereocenters. The molecule has 0 amide bonds. The fourth-order valence-electron chi connectivity index (χ4n) is 4.19. The van der Waals surface area contributed by atoms with Gasteiger partial charge in [0.1, 0.15) is 12.0 Å². The third kappa shape index (κ3) is 4.49. The van der Waals surface area contributed by atoms with Gasteiger partial charge >= 0.3 is 0 Å². The molecule has 0 radical (unpaired) electrons. The number of unbranched alkanes of at least 4 members (excludes halogenated alkanes) is 1. The van der Waals surface area contributed by atoms with Crippen LogP contribution in [0.4, 0.5) is 17.5 Å². The van der Waals surface area contributed by atoms with Crippen LogP contribution in [0.1, 0.15) is 57.2 Å². The highest BCUT2D eigenvalue weighted by Crippen LogP contribution is 2.36. The Hall–Kier alpha value is -3.25. The van der Waals surface area contributed by atoms with Crippen LogP contribution in [0.5, 0.6) is 0 Å². The van der Waals surface area contributed by atoms with Gasteiger partial charge in [0.15, 0.2) is 0 Å². The number of rotatable bonds is 8. The lowest BCUT2D eigenvalue weighted by molar-refractivity contribution is 0.300. The second-order valence-corrected chi connectivity index (χ2v) is 7.82. The van der Waals surface area contributed by atoms with Gasteiger partial charge in [-0.05, 0) is 42.5 Å². The summed E-state index contributed by atoms with van der Waals surface area (Å²) in [6.45, 7) is 3.14. The van der Waals surface area contributed by atoms with E-state index in [1.807, 2.05) is 30.5 Å². The molecule has 2 aliphatic rings. The highest BCUT2D eigenvalue weighted by Gasteiger charge is 2.30. The van der Waals surface area contributed by atoms with Gasteiger partial charge in [-0.2, -0.15) is 4.98 Å². The minimum Gasteiger partial charge on any atom is -0.352 e. The summed E-state index contributed by atoms with van der Waals surface area (Å²) in [7, 11) is 0. The van der Waals surface area contributed by atoms with Crippen molar-refractivity contribution in [1.29, 1.82) is 0 Å². The summed E-state index contributed by atoms with van der Waals surface area (Å²) in [5.41, 5.74) is 10.5. The third-order valence-electron chi connectivity index (χ3n) is 5.69. The second kappa shape index (κ2) is 9.50. The van der Waals surface area contributed by atoms with Crippen LogP contribution in [-0.4, -0.2) is 27.5 Å². The molecular weight excluding hydrogens is 376 g/mol. The first-order valence-corrected chi connectivity index (χ1v) is 10.8. The maximum atomic E-state index is 8.82. The monoisotopic (exact) mass is 404 g/mol. The molecule has 8 heteroatoms. The Morgan fingerprint density at radius 2 is 2.10 bits per heavy atom. The van der Waals surface area contributed by atoms with Crippen LogP contribution in [-0.2, 0) is 0 Å². The molecule has 1 aliphatic heterocycles. The highest BCUT2D eigenvalue weighted by molar-refractivity contribution is 5.52. The molecule has 1 aliphatic carbocycles. The molecule has 30 heavy (non-hydrogen) atoms. The molecule has 156 valence electrons. The van der Waals surface area contributed by atoms with Crippen LogP contribution in [0.3, 0.4) is 0 Å². The summed E-state index contributed by atoms with van der Waals surface area (Å²) in [6, 6.07) is 10.2. The average Bonchev–Trinajstić information content (AvgIpc) is 3.43. The first-order valence-electron chi connectivity index (χ1n) is 10.8. The van der Waals surface area contributed by atoms with E-state index >= 15 is 0 Å². The largest absolute Gasteiger partial charge is 0.352 e. The van der Waals surface area contributed by atoms with Gasteiger partial charge in [0.05, 0.1) is 0 Å². The number of hydrogen-bond acceptors (Lipinski definition) is 6. The standard InChI is InChI=1S/C22H28N8/c1-2-3-13-29-14-15-30(21(29)17-7-6-10-19(16-17)27-28-23)20-11-12-24-22(26-20)25-18-8-4-5-9-18/h6-7,10-12,14-16,18,21H,2-5,8-9,13H2,1H3,(H,24,25,26). The fourth-order valence-corrected chi connectivity index (χ4v) is 4.19. The van der Waals surface area contributed by atoms with Crippen LogP contribution in [0.15, 0.2) is 54.0 Å². The van der Waals surface area contributed by atoms with E-state index in [1.165, 1.54) is 25.7 Å². The van der Waals surface area contributed by atoms with Gasteiger partial charge < -0.3 is 15.1 Å². The number of aromatic nitrogens is 2. The number of hydrogen-bond donors (Lipinski definition) is 1. The lowest BCUT2D eigenvalue weighted by Crippen LogP contribution is -2.32. The zero-order chi connectivity index (χ0) is 20.8. The van der Waals surface area contributed by atoms with Gasteiger partial charge in [-0.15, -0.1) is 0 Å². The van der Waals surface area contributed by atoms with E-state index in [4.69, 9.17) is 10.5 Å². The third-order valence-corrected chi connectivity index (χ3v) is 5.69. The predicted octanol–water partition coefficient (Wildman–Crippen LogP) is 5.87. The molecule has 1 saturated carbocycles. The minimum absolute atomic E-state index is 0.0420. The van der Waals surface area contributed by atoms with E-state index in [0.717, 1.165) is 30.8 Å². The van der Waals surface area contributed by atoms with Gasteiger partial charge in [-0.25, -0.2) is 4.98 Å². The summed E-state index contributed by atoms with van der Waals surface area (Å²) in [5, 5.41) is 7.27. The first kappa shape index (κ1) is 20.0. The van der Waals surface area contributed by atoms with Crippen molar-refractivity contribution >= 4 is 17.5 Å². The number of nitrogens with zero attached hydrogens (tertiary/aromatic N) is 7. The van der Waals surface area contributed by atoms with Crippen molar-refractivity contribution in [1.82, 2.24) is 14.9 Å². The quantitative estimate of drug-likeness (QED) is 0.338. The highest BCUT2D eigenvalue weighted by atomic mass is 15.4. The average molecular weight is 405 g/mol. The Morgan fingerprint density at radius 3 is 2.90 bits per heavy atom. The number of anilines is 2. The summed E-state index contributed by atoms with van der Waals surface area (Å²) >= 11 is 0. The molecule has 1 aromatic carbocycles. The Balaban J connectivity index is 1.63. The SMILES string of the molecule is CCCCN1C=CN(c2ccnc(NC3CCCC3)n2)C1c1cccc(N=[N+]=[N-])c1. The van der Waals surface area contributed by atoms with Crippen molar-refractivity contribution in [3.63, 3.8) is 0 Å². The van der Waals surface area contributed by atoms with E-state index in [-0.39, 0.29) is 6.17 Å². The molecule has 1 atom stereocenters. The van der Waals surface area contributed by atoms with Crippen molar-refractivity contribution in [2.45, 2.75) is 57.7 Å². The zero-order valence-electron chi connectivity index (χ0n) is 17.4. The lowest BCUT2D eigenvalue weighted by Gasteiger charge is -2.33. The van der Waals surface area contributed by atoms with Crippen LogP contribution in [0, 0.1) is 0 Å². The van der Waals surface area contributed by atoms with Gasteiger partial charge in [0, 0.05) is 41.8 Å². The summed E-state index contributed by atoms with van der Waals surface area (Å²) in [5.74, 6) is 1.53. The van der Waals surface area contributed by atoms with Crippen LogP contribution in [0.2, 0.25) is 0 Å². The zero-order valence-corrected chi connectivity index (χ0v) is 17.4. The van der Waals surface area contributed by atoms with Crippen molar-refractivity contribution < 1.29 is 0 Å². The Bertz CT molecular complexity index is 930. The summed E-state index contributed by atoms with van der Waals surface area (Å²) < 4.78 is 0. The van der Waals surface area contributed by atoms with Crippen LogP contribution < -0.4 is 10.2 Å². The van der Waals surface area contributed by atoms with E-state index in [1.54, 1.807) is 0 Å². The molecular formula is C22H28N8. The van der Waals surface area contributed by atoms with Gasteiger partial charge in [0.25, 0.3) is 0 Å². The van der Waals surface area contributed by atoms with Crippen molar-refractivity contribution in [3.05, 3.63) is 64.9 Å². The minimum atomic E-state index is -0.0420. The number of azide groups is 1. The van der Waals surface area contributed by atoms with Gasteiger partial charge in [-0.3, -0.25) is 0 Å². The molecule has 8 nitrogen and oxygen atoms in total. The Labute approximate surface area is 177 Å². The van der Waals surface area contributed by atoms with Gasteiger partial charge in [-0.1, -0.05) is 49.5 Å². The van der Waals surface area contributed by atoms with Crippen molar-refractivity contribution in [2.24, 2.45) is 5.11 Å². The van der Waals surface area contributed by atoms with E-state index < -0.39 is 0 Å². The normalized spacial score (nSPS) is 18.6. The van der Waals surface area contributed by atoms with Crippen LogP contribution in [0.25, 0.3) is 10.4 Å². The maximum Gasteiger partial charge on any atom is 0.224 e. The molecule has 0 spiro atoms. The number of benzene rings is 1.